The Morgan fingerprint density at radius 3 is 1.37 bits per heavy atom. The molecule has 3 aromatic carbocycles. The molecule has 0 radical (unpaired) electrons. The van der Waals surface area contributed by atoms with Crippen LogP contribution in [0.25, 0.3) is 0 Å². The van der Waals surface area contributed by atoms with Crippen LogP contribution in [0.15, 0.2) is 104 Å². The average Bonchev–Trinajstić information content (AvgIpc) is 3.09. The number of anilines is 7. The number of nitrogens with two attached hydrogens (primary N) is 3. The number of nitrogens with one attached hydrogen (secondary N) is 4. The van der Waals surface area contributed by atoms with Crippen molar-refractivity contribution < 1.29 is 28.3 Å². The highest BCUT2D eigenvalue weighted by Gasteiger charge is 2.18. The minimum Gasteiger partial charge on any atom is -0.398 e. The molecule has 0 atom stereocenters. The number of nitrogen functional groups attached to an aromatic ring is 3. The summed E-state index contributed by atoms with van der Waals surface area (Å²) in [6.45, 7) is 5.50. The molecular formula is C36H37N9O4+2. The lowest BCUT2D eigenvalue weighted by Gasteiger charge is -2.13. The van der Waals surface area contributed by atoms with Gasteiger partial charge in [-0.3, -0.25) is 19.2 Å². The van der Waals surface area contributed by atoms with E-state index in [9.17, 15) is 19.2 Å². The maximum Gasteiger partial charge on any atom is 0.257 e. The number of aryl methyl sites for hydroxylation is 2. The summed E-state index contributed by atoms with van der Waals surface area (Å²) in [6.07, 6.45) is 7.43. The van der Waals surface area contributed by atoms with E-state index < -0.39 is 11.8 Å². The van der Waals surface area contributed by atoms with E-state index in [1.165, 1.54) is 42.5 Å². The topological polar surface area (TPSA) is 202 Å². The summed E-state index contributed by atoms with van der Waals surface area (Å²) < 4.78 is 3.86. The normalized spacial score (nSPS) is 10.6. The van der Waals surface area contributed by atoms with E-state index in [0.717, 1.165) is 13.1 Å². The highest BCUT2D eigenvalue weighted by molar-refractivity contribution is 6.12. The quantitative estimate of drug-likeness (QED) is 0.0865. The van der Waals surface area contributed by atoms with E-state index in [2.05, 4.69) is 21.3 Å². The zero-order valence-corrected chi connectivity index (χ0v) is 27.0. The molecule has 248 valence electrons. The van der Waals surface area contributed by atoms with Gasteiger partial charge >= 0.3 is 0 Å². The van der Waals surface area contributed by atoms with Crippen LogP contribution in [-0.4, -0.2) is 23.6 Å². The third kappa shape index (κ3) is 8.16. The Morgan fingerprint density at radius 1 is 0.531 bits per heavy atom. The molecule has 2 aromatic heterocycles. The van der Waals surface area contributed by atoms with Crippen molar-refractivity contribution in [1.29, 1.82) is 0 Å². The Morgan fingerprint density at radius 2 is 0.939 bits per heavy atom. The standard InChI is InChI=1S/C36H35N9O4/c1-3-44-15-5-7-25(20-44)40-33(46)23-10-13-31(29(38)18-23)42-35(48)22-9-12-27(28(37)17-22)36(49)43-32-14-11-24(19-30(32)39)34(47)41-26-8-6-16-45(4-2)21-26/h5-21H,3-4H2,1-2H3,(H8-2,37,38,39,40,41,42,43,46,47,48,49)/p+2. The van der Waals surface area contributed by atoms with Gasteiger partial charge in [0.1, 0.15) is 24.5 Å². The molecule has 5 rings (SSSR count). The number of hydrogen-bond acceptors (Lipinski definition) is 7. The van der Waals surface area contributed by atoms with Crippen molar-refractivity contribution in [3.8, 4) is 0 Å². The first-order valence-corrected chi connectivity index (χ1v) is 15.5. The van der Waals surface area contributed by atoms with E-state index in [0.29, 0.717) is 28.2 Å². The van der Waals surface area contributed by atoms with Gasteiger partial charge in [0.2, 0.25) is 0 Å². The number of hydrogen-bond donors (Lipinski definition) is 7. The van der Waals surface area contributed by atoms with Gasteiger partial charge in [0.15, 0.2) is 24.8 Å². The molecule has 10 N–H and O–H groups in total. The molecule has 0 aliphatic carbocycles. The predicted molar refractivity (Wildman–Crippen MR) is 189 cm³/mol. The third-order valence-electron chi connectivity index (χ3n) is 7.64. The molecule has 13 heteroatoms. The molecule has 0 fully saturated rings. The molecule has 5 aromatic rings. The minimum absolute atomic E-state index is 0.0530. The smallest absolute Gasteiger partial charge is 0.257 e. The summed E-state index contributed by atoms with van der Waals surface area (Å²) in [5, 5.41) is 11.1. The highest BCUT2D eigenvalue weighted by atomic mass is 16.2. The van der Waals surface area contributed by atoms with Gasteiger partial charge in [0.05, 0.1) is 28.3 Å². The van der Waals surface area contributed by atoms with Crippen LogP contribution >= 0.6 is 0 Å². The first-order valence-electron chi connectivity index (χ1n) is 15.5. The van der Waals surface area contributed by atoms with Crippen molar-refractivity contribution >= 4 is 63.4 Å². The van der Waals surface area contributed by atoms with Crippen molar-refractivity contribution in [3.63, 3.8) is 0 Å². The fourth-order valence-electron chi connectivity index (χ4n) is 4.92. The fraction of sp³-hybridized carbons (Fsp3) is 0.111. The maximum absolute atomic E-state index is 13.1. The Balaban J connectivity index is 1.20. The number of rotatable bonds is 10. The zero-order chi connectivity index (χ0) is 35.1. The van der Waals surface area contributed by atoms with Crippen molar-refractivity contribution in [1.82, 2.24) is 0 Å². The van der Waals surface area contributed by atoms with Gasteiger partial charge in [-0.1, -0.05) is 0 Å². The molecule has 49 heavy (non-hydrogen) atoms. The van der Waals surface area contributed by atoms with Crippen LogP contribution in [0.4, 0.5) is 39.8 Å². The summed E-state index contributed by atoms with van der Waals surface area (Å²) >= 11 is 0. The Labute approximate surface area is 282 Å². The van der Waals surface area contributed by atoms with Crippen molar-refractivity contribution in [2.45, 2.75) is 26.9 Å². The van der Waals surface area contributed by atoms with Crippen LogP contribution in [0.3, 0.4) is 0 Å². The lowest BCUT2D eigenvalue weighted by Crippen LogP contribution is -2.31. The van der Waals surface area contributed by atoms with E-state index >= 15 is 0 Å². The molecule has 0 aliphatic rings. The number of carbonyl (C=O) groups is 4. The molecule has 0 aliphatic heterocycles. The SMILES string of the molecule is CC[n+]1cccc(NC(=O)c2ccc(NC(=O)c3ccc(C(=O)Nc4ccc(C(=O)Nc5ccc[n+](CC)c5)cc4N)c(N)c3)c(N)c2)c1. The van der Waals surface area contributed by atoms with Crippen molar-refractivity contribution in [3.05, 3.63) is 126 Å². The van der Waals surface area contributed by atoms with Crippen LogP contribution in [0.5, 0.6) is 0 Å². The monoisotopic (exact) mass is 659 g/mol. The average molecular weight is 660 g/mol. The van der Waals surface area contributed by atoms with Crippen molar-refractivity contribution in [2.75, 3.05) is 38.5 Å². The highest BCUT2D eigenvalue weighted by Crippen LogP contribution is 2.25. The van der Waals surface area contributed by atoms with Crippen LogP contribution in [-0.2, 0) is 13.1 Å². The fourth-order valence-corrected chi connectivity index (χ4v) is 4.92. The lowest BCUT2D eigenvalue weighted by atomic mass is 10.1. The van der Waals surface area contributed by atoms with Gasteiger partial charge in [-0.2, -0.15) is 0 Å². The summed E-state index contributed by atoms with van der Waals surface area (Å²) in [5.41, 5.74) is 21.7. The molecular weight excluding hydrogens is 622 g/mol. The second-order valence-electron chi connectivity index (χ2n) is 11.1. The Hall–Kier alpha value is -6.76. The molecule has 0 unspecified atom stereocenters. The maximum atomic E-state index is 13.1. The lowest BCUT2D eigenvalue weighted by molar-refractivity contribution is -0.693. The predicted octanol–water partition coefficient (Wildman–Crippen LogP) is 4.06. The summed E-state index contributed by atoms with van der Waals surface area (Å²) in [4.78, 5) is 51.7. The van der Waals surface area contributed by atoms with Gasteiger partial charge in [0, 0.05) is 34.5 Å². The number of benzene rings is 3. The van der Waals surface area contributed by atoms with Crippen LogP contribution in [0.2, 0.25) is 0 Å². The van der Waals surface area contributed by atoms with Crippen molar-refractivity contribution in [2.24, 2.45) is 0 Å². The van der Waals surface area contributed by atoms with E-state index in [4.69, 9.17) is 17.2 Å². The second kappa shape index (κ2) is 14.8. The molecule has 0 saturated carbocycles. The summed E-state index contributed by atoms with van der Waals surface area (Å²) in [7, 11) is 0. The Bertz CT molecular complexity index is 2080. The number of amides is 4. The van der Waals surface area contributed by atoms with Gasteiger partial charge in [-0.05, 0) is 80.6 Å². The Kier molecular flexibility index (Phi) is 10.1. The minimum atomic E-state index is -0.556. The van der Waals surface area contributed by atoms with Crippen LogP contribution in [0.1, 0.15) is 55.3 Å². The van der Waals surface area contributed by atoms with Gasteiger partial charge < -0.3 is 38.5 Å². The van der Waals surface area contributed by atoms with E-state index in [-0.39, 0.29) is 45.7 Å². The third-order valence-corrected chi connectivity index (χ3v) is 7.64. The van der Waals surface area contributed by atoms with Gasteiger partial charge in [-0.25, -0.2) is 9.13 Å². The first kappa shape index (κ1) is 33.6. The second-order valence-corrected chi connectivity index (χ2v) is 11.1. The molecule has 2 heterocycles. The van der Waals surface area contributed by atoms with Crippen LogP contribution < -0.4 is 47.6 Å². The van der Waals surface area contributed by atoms with Crippen LogP contribution in [0, 0.1) is 0 Å². The zero-order valence-electron chi connectivity index (χ0n) is 27.0. The van der Waals surface area contributed by atoms with E-state index in [1.807, 2.05) is 59.9 Å². The van der Waals surface area contributed by atoms with E-state index in [1.54, 1.807) is 24.3 Å². The van der Waals surface area contributed by atoms with Gasteiger partial charge in [0.25, 0.3) is 23.6 Å². The molecule has 0 spiro atoms. The number of pyridine rings is 2. The molecule has 0 saturated heterocycles. The molecule has 4 amide bonds. The van der Waals surface area contributed by atoms with Gasteiger partial charge in [-0.15, -0.1) is 0 Å². The summed E-state index contributed by atoms with van der Waals surface area (Å²) in [6, 6.07) is 20.6. The largest absolute Gasteiger partial charge is 0.398 e. The number of nitrogens with zero attached hydrogens (tertiary/aromatic N) is 2. The molecule has 0 bridgehead atoms. The molecule has 13 nitrogen and oxygen atoms in total. The first-order chi connectivity index (χ1) is 23.5. The summed E-state index contributed by atoms with van der Waals surface area (Å²) in [5.74, 6) is -1.78. The number of aromatic nitrogens is 2. The number of carbonyl (C=O) groups excluding carboxylic acids is 4.